The Hall–Kier alpha value is -2.50. The van der Waals surface area contributed by atoms with Crippen molar-refractivity contribution in [2.24, 2.45) is 0 Å². The van der Waals surface area contributed by atoms with Gasteiger partial charge in [-0.3, -0.25) is 15.1 Å². The molecule has 23 heavy (non-hydrogen) atoms. The average molecular weight is 342 g/mol. The van der Waals surface area contributed by atoms with E-state index in [1.165, 1.54) is 17.4 Å². The zero-order valence-electron chi connectivity index (χ0n) is 11.9. The molecular formula is C17H12ClN3OS. The number of nitrogens with one attached hydrogen (secondary N) is 1. The number of anilines is 1. The number of carbonyl (C=O) groups excluding carboxylic acids is 1. The first-order valence-corrected chi connectivity index (χ1v) is 8.07. The number of benzene rings is 1. The summed E-state index contributed by atoms with van der Waals surface area (Å²) in [5.74, 6) is -0.242. The van der Waals surface area contributed by atoms with Crippen LogP contribution >= 0.6 is 22.9 Å². The largest absolute Gasteiger partial charge is 0.298 e. The van der Waals surface area contributed by atoms with Crippen LogP contribution in [0.4, 0.5) is 5.13 Å². The second-order valence-corrected chi connectivity index (χ2v) is 5.89. The van der Waals surface area contributed by atoms with Crippen molar-refractivity contribution in [1.82, 2.24) is 9.97 Å². The molecule has 0 saturated heterocycles. The highest BCUT2D eigenvalue weighted by molar-refractivity contribution is 7.14. The van der Waals surface area contributed by atoms with E-state index in [4.69, 9.17) is 11.6 Å². The molecule has 1 aromatic carbocycles. The molecule has 114 valence electrons. The third-order valence-electron chi connectivity index (χ3n) is 3.00. The number of hydrogen-bond donors (Lipinski definition) is 1. The van der Waals surface area contributed by atoms with Gasteiger partial charge in [0.2, 0.25) is 5.91 Å². The van der Waals surface area contributed by atoms with Gasteiger partial charge in [-0.05, 0) is 23.8 Å². The molecule has 0 bridgehead atoms. The van der Waals surface area contributed by atoms with Crippen LogP contribution in [0.2, 0.25) is 5.02 Å². The van der Waals surface area contributed by atoms with Crippen molar-refractivity contribution < 1.29 is 4.79 Å². The van der Waals surface area contributed by atoms with Crippen LogP contribution in [0, 0.1) is 0 Å². The lowest BCUT2D eigenvalue weighted by molar-refractivity contribution is -0.111. The fourth-order valence-electron chi connectivity index (χ4n) is 1.92. The van der Waals surface area contributed by atoms with Gasteiger partial charge in [-0.1, -0.05) is 35.9 Å². The lowest BCUT2D eigenvalue weighted by Gasteiger charge is -1.99. The van der Waals surface area contributed by atoms with Gasteiger partial charge in [0.05, 0.1) is 5.69 Å². The highest BCUT2D eigenvalue weighted by Gasteiger charge is 2.08. The number of rotatable bonds is 4. The summed E-state index contributed by atoms with van der Waals surface area (Å²) in [6.07, 6.45) is 6.52. The lowest BCUT2D eigenvalue weighted by Crippen LogP contribution is -2.07. The van der Waals surface area contributed by atoms with E-state index < -0.39 is 0 Å². The Morgan fingerprint density at radius 2 is 2.09 bits per heavy atom. The van der Waals surface area contributed by atoms with E-state index in [-0.39, 0.29) is 5.91 Å². The summed E-state index contributed by atoms with van der Waals surface area (Å²) in [5, 5.41) is 5.76. The molecule has 0 atom stereocenters. The van der Waals surface area contributed by atoms with E-state index in [9.17, 15) is 4.79 Å². The first kappa shape index (κ1) is 15.4. The van der Waals surface area contributed by atoms with Crippen molar-refractivity contribution in [3.05, 3.63) is 70.8 Å². The number of amides is 1. The fourth-order valence-corrected chi connectivity index (χ4v) is 2.86. The summed E-state index contributed by atoms with van der Waals surface area (Å²) in [4.78, 5) is 20.3. The predicted molar refractivity (Wildman–Crippen MR) is 94.5 cm³/mol. The maximum Gasteiger partial charge on any atom is 0.250 e. The molecule has 0 unspecified atom stereocenters. The van der Waals surface area contributed by atoms with E-state index in [0.29, 0.717) is 10.2 Å². The van der Waals surface area contributed by atoms with Gasteiger partial charge in [0.15, 0.2) is 5.13 Å². The van der Waals surface area contributed by atoms with E-state index >= 15 is 0 Å². The van der Waals surface area contributed by atoms with Gasteiger partial charge < -0.3 is 0 Å². The lowest BCUT2D eigenvalue weighted by atomic mass is 10.2. The Bertz CT molecular complexity index is 846. The number of aromatic nitrogens is 2. The van der Waals surface area contributed by atoms with Crippen molar-refractivity contribution in [2.75, 3.05) is 5.32 Å². The summed E-state index contributed by atoms with van der Waals surface area (Å²) in [6, 6.07) is 11.2. The third-order valence-corrected chi connectivity index (χ3v) is 4.08. The van der Waals surface area contributed by atoms with Gasteiger partial charge in [-0.2, -0.15) is 0 Å². The Morgan fingerprint density at radius 1 is 1.22 bits per heavy atom. The molecule has 0 saturated carbocycles. The molecule has 0 radical (unpaired) electrons. The Balaban J connectivity index is 1.68. The Morgan fingerprint density at radius 3 is 2.87 bits per heavy atom. The first-order chi connectivity index (χ1) is 11.2. The maximum atomic E-state index is 11.9. The SMILES string of the molecule is O=C(/C=C/c1cccnc1)Nc1nc(-c2ccccc2Cl)cs1. The maximum absolute atomic E-state index is 11.9. The van der Waals surface area contributed by atoms with Gasteiger partial charge in [0, 0.05) is 34.4 Å². The van der Waals surface area contributed by atoms with E-state index in [1.54, 1.807) is 18.5 Å². The van der Waals surface area contributed by atoms with Crippen molar-refractivity contribution in [3.8, 4) is 11.3 Å². The molecule has 2 aromatic heterocycles. The molecule has 0 fully saturated rings. The quantitative estimate of drug-likeness (QED) is 0.710. The van der Waals surface area contributed by atoms with Crippen LogP contribution in [0.3, 0.4) is 0 Å². The van der Waals surface area contributed by atoms with Crippen molar-refractivity contribution in [3.63, 3.8) is 0 Å². The molecule has 0 spiro atoms. The monoisotopic (exact) mass is 341 g/mol. The van der Waals surface area contributed by atoms with Crippen LogP contribution in [-0.4, -0.2) is 15.9 Å². The van der Waals surface area contributed by atoms with Gasteiger partial charge in [0.1, 0.15) is 0 Å². The normalized spacial score (nSPS) is 10.8. The summed E-state index contributed by atoms with van der Waals surface area (Å²) in [6.45, 7) is 0. The molecule has 6 heteroatoms. The van der Waals surface area contributed by atoms with Crippen LogP contribution in [0.5, 0.6) is 0 Å². The van der Waals surface area contributed by atoms with E-state index in [1.807, 2.05) is 41.8 Å². The number of nitrogens with zero attached hydrogens (tertiary/aromatic N) is 2. The standard InChI is InChI=1S/C17H12ClN3OS/c18-14-6-2-1-5-13(14)15-11-23-17(20-15)21-16(22)8-7-12-4-3-9-19-10-12/h1-11H,(H,20,21,22)/b8-7+. The number of carbonyl (C=O) groups is 1. The topological polar surface area (TPSA) is 54.9 Å². The van der Waals surface area contributed by atoms with Crippen LogP contribution in [-0.2, 0) is 4.79 Å². The number of halogens is 1. The summed E-state index contributed by atoms with van der Waals surface area (Å²) in [5.41, 5.74) is 2.45. The molecule has 1 N–H and O–H groups in total. The summed E-state index contributed by atoms with van der Waals surface area (Å²) in [7, 11) is 0. The number of pyridine rings is 1. The van der Waals surface area contributed by atoms with Crippen LogP contribution in [0.15, 0.2) is 60.2 Å². The minimum Gasteiger partial charge on any atom is -0.298 e. The second kappa shape index (κ2) is 7.17. The zero-order chi connectivity index (χ0) is 16.1. The highest BCUT2D eigenvalue weighted by atomic mass is 35.5. The molecular weight excluding hydrogens is 330 g/mol. The highest BCUT2D eigenvalue weighted by Crippen LogP contribution is 2.30. The molecule has 4 nitrogen and oxygen atoms in total. The first-order valence-electron chi connectivity index (χ1n) is 6.82. The van der Waals surface area contributed by atoms with Crippen LogP contribution in [0.1, 0.15) is 5.56 Å². The predicted octanol–water partition coefficient (Wildman–Crippen LogP) is 4.51. The smallest absolute Gasteiger partial charge is 0.250 e. The minimum absolute atomic E-state index is 0.242. The summed E-state index contributed by atoms with van der Waals surface area (Å²) < 4.78 is 0. The average Bonchev–Trinajstić information content (AvgIpc) is 3.02. The Kier molecular flexibility index (Phi) is 4.80. The van der Waals surface area contributed by atoms with E-state index in [0.717, 1.165) is 16.8 Å². The third kappa shape index (κ3) is 4.03. The van der Waals surface area contributed by atoms with E-state index in [2.05, 4.69) is 15.3 Å². The molecule has 2 heterocycles. The van der Waals surface area contributed by atoms with Gasteiger partial charge in [-0.15, -0.1) is 11.3 Å². The molecule has 0 aliphatic rings. The molecule has 1 amide bonds. The molecule has 0 aliphatic heterocycles. The number of thiazole rings is 1. The van der Waals surface area contributed by atoms with Gasteiger partial charge in [0.25, 0.3) is 0 Å². The number of hydrogen-bond acceptors (Lipinski definition) is 4. The van der Waals surface area contributed by atoms with Crippen molar-refractivity contribution in [1.29, 1.82) is 0 Å². The second-order valence-electron chi connectivity index (χ2n) is 4.63. The van der Waals surface area contributed by atoms with Crippen LogP contribution in [0.25, 0.3) is 17.3 Å². The molecule has 0 aliphatic carbocycles. The van der Waals surface area contributed by atoms with Gasteiger partial charge >= 0.3 is 0 Å². The Labute approximate surface area is 142 Å². The zero-order valence-corrected chi connectivity index (χ0v) is 13.5. The fraction of sp³-hybridized carbons (Fsp3) is 0. The molecule has 3 rings (SSSR count). The van der Waals surface area contributed by atoms with Crippen molar-refractivity contribution in [2.45, 2.75) is 0 Å². The van der Waals surface area contributed by atoms with Crippen molar-refractivity contribution >= 4 is 40.1 Å². The molecule has 3 aromatic rings. The van der Waals surface area contributed by atoms with Crippen LogP contribution < -0.4 is 5.32 Å². The minimum atomic E-state index is -0.242. The van der Waals surface area contributed by atoms with Gasteiger partial charge in [-0.25, -0.2) is 4.98 Å². The summed E-state index contributed by atoms with van der Waals surface area (Å²) >= 11 is 7.51.